The number of rotatable bonds is 3. The SMILES string of the molecule is CCSc1ccccc1C(=O)N1CCC2(CC1)N=N2. The largest absolute Gasteiger partial charge is 0.338 e. The molecule has 2 aliphatic rings. The number of carbonyl (C=O) groups is 1. The number of amides is 1. The van der Waals surface area contributed by atoms with E-state index in [1.165, 1.54) is 0 Å². The van der Waals surface area contributed by atoms with Gasteiger partial charge in [-0.15, -0.1) is 11.8 Å². The highest BCUT2D eigenvalue weighted by molar-refractivity contribution is 7.99. The molecule has 0 radical (unpaired) electrons. The molecule has 0 unspecified atom stereocenters. The van der Waals surface area contributed by atoms with Crippen LogP contribution < -0.4 is 0 Å². The molecule has 2 aliphatic heterocycles. The van der Waals surface area contributed by atoms with Gasteiger partial charge in [-0.05, 0) is 17.9 Å². The summed E-state index contributed by atoms with van der Waals surface area (Å²) in [5.41, 5.74) is 0.712. The van der Waals surface area contributed by atoms with Gasteiger partial charge in [-0.1, -0.05) is 19.1 Å². The normalized spacial score (nSPS) is 19.7. The number of hydrogen-bond donors (Lipinski definition) is 0. The molecule has 5 heteroatoms. The quantitative estimate of drug-likeness (QED) is 0.795. The lowest BCUT2D eigenvalue weighted by Crippen LogP contribution is -2.41. The molecule has 3 rings (SSSR count). The maximum Gasteiger partial charge on any atom is 0.254 e. The summed E-state index contributed by atoms with van der Waals surface area (Å²) in [6.45, 7) is 3.63. The molecule has 1 fully saturated rings. The smallest absolute Gasteiger partial charge is 0.254 e. The molecule has 19 heavy (non-hydrogen) atoms. The lowest BCUT2D eigenvalue weighted by molar-refractivity contribution is 0.0699. The van der Waals surface area contributed by atoms with Gasteiger partial charge in [0.1, 0.15) is 0 Å². The van der Waals surface area contributed by atoms with Crippen LogP contribution in [-0.4, -0.2) is 35.3 Å². The first kappa shape index (κ1) is 12.7. The van der Waals surface area contributed by atoms with E-state index >= 15 is 0 Å². The Kier molecular flexibility index (Phi) is 3.31. The van der Waals surface area contributed by atoms with Gasteiger partial charge in [-0.25, -0.2) is 0 Å². The van der Waals surface area contributed by atoms with Gasteiger partial charge in [0.05, 0.1) is 5.56 Å². The third kappa shape index (κ3) is 2.52. The Morgan fingerprint density at radius 3 is 2.63 bits per heavy atom. The highest BCUT2D eigenvalue weighted by atomic mass is 32.2. The number of nitrogens with zero attached hydrogens (tertiary/aromatic N) is 3. The van der Waals surface area contributed by atoms with Crippen molar-refractivity contribution in [3.8, 4) is 0 Å². The van der Waals surface area contributed by atoms with Gasteiger partial charge in [0.2, 0.25) is 0 Å². The van der Waals surface area contributed by atoms with Gasteiger partial charge in [0.25, 0.3) is 5.91 Å². The fourth-order valence-electron chi connectivity index (χ4n) is 2.43. The van der Waals surface area contributed by atoms with Crippen LogP contribution in [0.5, 0.6) is 0 Å². The second-order valence-corrected chi connectivity index (χ2v) is 6.21. The van der Waals surface area contributed by atoms with E-state index in [2.05, 4.69) is 17.2 Å². The molecule has 1 amide bonds. The number of carbonyl (C=O) groups excluding carboxylic acids is 1. The Balaban J connectivity index is 1.73. The molecule has 0 aliphatic carbocycles. The van der Waals surface area contributed by atoms with Crippen molar-refractivity contribution in [2.75, 3.05) is 18.8 Å². The highest BCUT2D eigenvalue weighted by Crippen LogP contribution is 2.39. The van der Waals surface area contributed by atoms with Crippen molar-refractivity contribution in [2.45, 2.75) is 30.3 Å². The van der Waals surface area contributed by atoms with Gasteiger partial charge < -0.3 is 4.90 Å². The molecule has 1 saturated heterocycles. The summed E-state index contributed by atoms with van der Waals surface area (Å²) in [6.07, 6.45) is 1.75. The van der Waals surface area contributed by atoms with Crippen molar-refractivity contribution in [3.63, 3.8) is 0 Å². The van der Waals surface area contributed by atoms with Crippen molar-refractivity contribution in [2.24, 2.45) is 10.2 Å². The Bertz CT molecular complexity index is 513. The van der Waals surface area contributed by atoms with E-state index in [-0.39, 0.29) is 11.6 Å². The molecule has 2 heterocycles. The predicted octanol–water partition coefficient (Wildman–Crippen LogP) is 3.20. The molecule has 0 saturated carbocycles. The van der Waals surface area contributed by atoms with E-state index in [0.29, 0.717) is 0 Å². The minimum atomic E-state index is -0.117. The first-order chi connectivity index (χ1) is 9.24. The highest BCUT2D eigenvalue weighted by Gasteiger charge is 2.43. The Morgan fingerprint density at radius 1 is 1.32 bits per heavy atom. The van der Waals surface area contributed by atoms with E-state index < -0.39 is 0 Å². The molecule has 1 aromatic rings. The second kappa shape index (κ2) is 4.96. The monoisotopic (exact) mass is 275 g/mol. The van der Waals surface area contributed by atoms with Crippen molar-refractivity contribution in [1.82, 2.24) is 4.90 Å². The molecule has 1 spiro atoms. The summed E-state index contributed by atoms with van der Waals surface area (Å²) >= 11 is 1.72. The zero-order valence-electron chi connectivity index (χ0n) is 11.0. The third-order valence-electron chi connectivity index (χ3n) is 3.65. The van der Waals surface area contributed by atoms with Crippen LogP contribution in [0.25, 0.3) is 0 Å². The number of benzene rings is 1. The van der Waals surface area contributed by atoms with Crippen LogP contribution in [0.4, 0.5) is 0 Å². The summed E-state index contributed by atoms with van der Waals surface area (Å²) in [6, 6.07) is 7.88. The topological polar surface area (TPSA) is 45.0 Å². The molecular formula is C14H17N3OS. The van der Waals surface area contributed by atoms with Crippen molar-refractivity contribution >= 4 is 17.7 Å². The van der Waals surface area contributed by atoms with Crippen LogP contribution in [0.3, 0.4) is 0 Å². The number of likely N-dealkylation sites (tertiary alicyclic amines) is 1. The van der Waals surface area contributed by atoms with E-state index in [4.69, 9.17) is 0 Å². The molecule has 0 N–H and O–H groups in total. The van der Waals surface area contributed by atoms with Gasteiger partial charge in [-0.3, -0.25) is 4.79 Å². The Labute approximate surface area is 117 Å². The van der Waals surface area contributed by atoms with E-state index in [9.17, 15) is 4.79 Å². The van der Waals surface area contributed by atoms with Crippen LogP contribution in [0, 0.1) is 0 Å². The van der Waals surface area contributed by atoms with Crippen LogP contribution in [-0.2, 0) is 0 Å². The lowest BCUT2D eigenvalue weighted by Gasteiger charge is -2.30. The fraction of sp³-hybridized carbons (Fsp3) is 0.500. The Morgan fingerprint density at radius 2 is 2.00 bits per heavy atom. The van der Waals surface area contributed by atoms with E-state index in [1.807, 2.05) is 29.2 Å². The molecule has 100 valence electrons. The van der Waals surface area contributed by atoms with Gasteiger partial charge in [0, 0.05) is 30.8 Å². The maximum atomic E-state index is 12.6. The maximum absolute atomic E-state index is 12.6. The zero-order chi connectivity index (χ0) is 13.3. The lowest BCUT2D eigenvalue weighted by atomic mass is 10.0. The summed E-state index contributed by atoms with van der Waals surface area (Å²) in [5.74, 6) is 1.12. The average Bonchev–Trinajstić information content (AvgIpc) is 3.19. The van der Waals surface area contributed by atoms with Crippen LogP contribution in [0.1, 0.15) is 30.1 Å². The molecule has 0 aromatic heterocycles. The summed E-state index contributed by atoms with van der Waals surface area (Å²) < 4.78 is 0. The van der Waals surface area contributed by atoms with Crippen LogP contribution in [0.15, 0.2) is 39.4 Å². The number of piperidine rings is 1. The van der Waals surface area contributed by atoms with Crippen molar-refractivity contribution in [3.05, 3.63) is 29.8 Å². The standard InChI is InChI=1S/C14H17N3OS/c1-2-19-12-6-4-3-5-11(12)13(18)17-9-7-14(8-10-17)15-16-14/h3-6H,2,7-10H2,1H3. The minimum absolute atomic E-state index is 0.117. The molecule has 0 bridgehead atoms. The summed E-state index contributed by atoms with van der Waals surface area (Å²) in [7, 11) is 0. The van der Waals surface area contributed by atoms with Crippen LogP contribution >= 0.6 is 11.8 Å². The first-order valence-electron chi connectivity index (χ1n) is 6.69. The second-order valence-electron chi connectivity index (χ2n) is 4.90. The fourth-order valence-corrected chi connectivity index (χ4v) is 3.23. The summed E-state index contributed by atoms with van der Waals surface area (Å²) in [4.78, 5) is 15.6. The molecule has 1 aromatic carbocycles. The van der Waals surface area contributed by atoms with E-state index in [0.717, 1.165) is 42.1 Å². The zero-order valence-corrected chi connectivity index (χ0v) is 11.8. The van der Waals surface area contributed by atoms with Gasteiger partial charge in [0.15, 0.2) is 5.66 Å². The number of hydrogen-bond acceptors (Lipinski definition) is 4. The van der Waals surface area contributed by atoms with Crippen molar-refractivity contribution in [1.29, 1.82) is 0 Å². The van der Waals surface area contributed by atoms with E-state index in [1.54, 1.807) is 11.8 Å². The molecular weight excluding hydrogens is 258 g/mol. The van der Waals surface area contributed by atoms with Gasteiger partial charge in [-0.2, -0.15) is 10.2 Å². The predicted molar refractivity (Wildman–Crippen MR) is 75.6 cm³/mol. The number of thioether (sulfide) groups is 1. The first-order valence-corrected chi connectivity index (χ1v) is 7.68. The summed E-state index contributed by atoms with van der Waals surface area (Å²) in [5, 5.41) is 8.18. The Hall–Kier alpha value is -1.36. The minimum Gasteiger partial charge on any atom is -0.338 e. The molecule has 0 atom stereocenters. The third-order valence-corrected chi connectivity index (χ3v) is 4.61. The average molecular weight is 275 g/mol. The molecule has 4 nitrogen and oxygen atoms in total. The van der Waals surface area contributed by atoms with Gasteiger partial charge >= 0.3 is 0 Å². The van der Waals surface area contributed by atoms with Crippen LogP contribution in [0.2, 0.25) is 0 Å². The van der Waals surface area contributed by atoms with Crippen molar-refractivity contribution < 1.29 is 4.79 Å².